The highest BCUT2D eigenvalue weighted by Crippen LogP contribution is 2.44. The minimum atomic E-state index is -1.30. The van der Waals surface area contributed by atoms with Gasteiger partial charge in [0.1, 0.15) is 5.69 Å². The van der Waals surface area contributed by atoms with Crippen molar-refractivity contribution in [2.24, 2.45) is 0 Å². The molecule has 4 heteroatoms. The van der Waals surface area contributed by atoms with E-state index in [-0.39, 0.29) is 0 Å². The molecule has 1 aromatic carbocycles. The molecule has 0 bridgehead atoms. The number of nitrogens with zero attached hydrogens (tertiary/aromatic N) is 1. The number of cyclic esters (lactones) is 1. The molecule has 84 valence electrons. The number of hydrogen-bond donors (Lipinski definition) is 0. The van der Waals surface area contributed by atoms with Crippen LogP contribution in [0.2, 0.25) is 0 Å². The van der Waals surface area contributed by atoms with E-state index < -0.39 is 11.0 Å². The molecule has 0 radical (unpaired) electrons. The number of halogens is 1. The van der Waals surface area contributed by atoms with Gasteiger partial charge in [0, 0.05) is 11.8 Å². The fourth-order valence-corrected chi connectivity index (χ4v) is 2.27. The fourth-order valence-electron chi connectivity index (χ4n) is 1.92. The van der Waals surface area contributed by atoms with Crippen molar-refractivity contribution in [2.75, 3.05) is 0 Å². The lowest BCUT2D eigenvalue weighted by Gasteiger charge is -2.20. The van der Waals surface area contributed by atoms with Crippen LogP contribution in [0, 0.1) is 0 Å². The van der Waals surface area contributed by atoms with Gasteiger partial charge >= 0.3 is 5.97 Å². The van der Waals surface area contributed by atoms with E-state index in [4.69, 9.17) is 16.3 Å². The summed E-state index contributed by atoms with van der Waals surface area (Å²) in [5.74, 6) is -0.416. The molecule has 17 heavy (non-hydrogen) atoms. The summed E-state index contributed by atoms with van der Waals surface area (Å²) in [4.78, 5) is 15.9. The standard InChI is InChI=1S/C13H8ClNO2/c14-13(11-7-3-4-8-15-11)10-6-2-1-5-9(10)12(16)17-13/h1-8H. The first kappa shape index (κ1) is 10.3. The Balaban J connectivity index is 2.21. The van der Waals surface area contributed by atoms with Gasteiger partial charge in [-0.05, 0) is 18.2 Å². The monoisotopic (exact) mass is 245 g/mol. The second-order valence-electron chi connectivity index (χ2n) is 3.75. The highest BCUT2D eigenvalue weighted by molar-refractivity contribution is 6.27. The molecule has 0 saturated carbocycles. The SMILES string of the molecule is O=C1OC(Cl)(c2ccccn2)c2ccccc21. The summed E-state index contributed by atoms with van der Waals surface area (Å²) in [6.45, 7) is 0. The predicted molar refractivity (Wildman–Crippen MR) is 62.7 cm³/mol. The molecular weight excluding hydrogens is 238 g/mol. The third-order valence-corrected chi connectivity index (χ3v) is 3.20. The average molecular weight is 246 g/mol. The summed E-state index contributed by atoms with van der Waals surface area (Å²) in [5, 5.41) is -1.30. The molecule has 0 N–H and O–H groups in total. The van der Waals surface area contributed by atoms with Gasteiger partial charge < -0.3 is 4.74 Å². The molecule has 0 fully saturated rings. The number of benzene rings is 1. The minimum absolute atomic E-state index is 0.416. The van der Waals surface area contributed by atoms with Crippen molar-refractivity contribution < 1.29 is 9.53 Å². The first-order valence-electron chi connectivity index (χ1n) is 5.15. The van der Waals surface area contributed by atoms with Crippen LogP contribution >= 0.6 is 11.6 Å². The van der Waals surface area contributed by atoms with E-state index >= 15 is 0 Å². The van der Waals surface area contributed by atoms with Crippen molar-refractivity contribution in [2.45, 2.75) is 5.06 Å². The number of esters is 1. The summed E-state index contributed by atoms with van der Waals surface area (Å²) < 4.78 is 5.27. The second kappa shape index (κ2) is 3.57. The number of rotatable bonds is 1. The zero-order valence-electron chi connectivity index (χ0n) is 8.76. The van der Waals surface area contributed by atoms with Crippen molar-refractivity contribution in [3.05, 3.63) is 65.5 Å². The van der Waals surface area contributed by atoms with Gasteiger partial charge in [-0.2, -0.15) is 0 Å². The molecule has 0 saturated heterocycles. The third-order valence-electron chi connectivity index (χ3n) is 2.72. The average Bonchev–Trinajstić information content (AvgIpc) is 2.65. The highest BCUT2D eigenvalue weighted by atomic mass is 35.5. The molecule has 3 rings (SSSR count). The van der Waals surface area contributed by atoms with E-state index in [1.807, 2.05) is 6.07 Å². The molecule has 1 unspecified atom stereocenters. The lowest BCUT2D eigenvalue weighted by Crippen LogP contribution is -2.21. The van der Waals surface area contributed by atoms with Crippen LogP contribution in [0.25, 0.3) is 0 Å². The van der Waals surface area contributed by atoms with E-state index in [1.165, 1.54) is 0 Å². The van der Waals surface area contributed by atoms with Crippen molar-refractivity contribution in [3.63, 3.8) is 0 Å². The van der Waals surface area contributed by atoms with Crippen molar-refractivity contribution >= 4 is 17.6 Å². The maximum absolute atomic E-state index is 11.7. The van der Waals surface area contributed by atoms with Gasteiger partial charge in [-0.15, -0.1) is 0 Å². The molecule has 1 aromatic heterocycles. The Hall–Kier alpha value is -1.87. The number of pyridine rings is 1. The van der Waals surface area contributed by atoms with Crippen LogP contribution in [-0.4, -0.2) is 11.0 Å². The Kier molecular flexibility index (Phi) is 2.16. The molecule has 1 aliphatic rings. The van der Waals surface area contributed by atoms with Crippen LogP contribution in [-0.2, 0) is 9.80 Å². The van der Waals surface area contributed by atoms with Crippen LogP contribution in [0.3, 0.4) is 0 Å². The summed E-state index contributed by atoms with van der Waals surface area (Å²) >= 11 is 6.42. The molecule has 2 aromatic rings. The van der Waals surface area contributed by atoms with E-state index in [0.717, 1.165) is 0 Å². The Bertz CT molecular complexity index is 585. The highest BCUT2D eigenvalue weighted by Gasteiger charge is 2.46. The molecule has 3 nitrogen and oxygen atoms in total. The summed E-state index contributed by atoms with van der Waals surface area (Å²) in [7, 11) is 0. The number of hydrogen-bond acceptors (Lipinski definition) is 3. The second-order valence-corrected chi connectivity index (χ2v) is 4.28. The summed E-state index contributed by atoms with van der Waals surface area (Å²) in [6.07, 6.45) is 1.62. The molecule has 0 spiro atoms. The summed E-state index contributed by atoms with van der Waals surface area (Å²) in [6, 6.07) is 12.4. The quantitative estimate of drug-likeness (QED) is 0.573. The first-order valence-corrected chi connectivity index (χ1v) is 5.53. The normalized spacial score (nSPS) is 22.1. The molecule has 2 heterocycles. The lowest BCUT2D eigenvalue weighted by atomic mass is 10.0. The van der Waals surface area contributed by atoms with Gasteiger partial charge in [-0.25, -0.2) is 4.79 Å². The molecule has 1 atom stereocenters. The van der Waals surface area contributed by atoms with Crippen molar-refractivity contribution in [1.29, 1.82) is 0 Å². The number of aromatic nitrogens is 1. The first-order chi connectivity index (χ1) is 8.22. The topological polar surface area (TPSA) is 39.2 Å². The van der Waals surface area contributed by atoms with Crippen LogP contribution in [0.5, 0.6) is 0 Å². The van der Waals surface area contributed by atoms with E-state index in [0.29, 0.717) is 16.8 Å². The van der Waals surface area contributed by atoms with Gasteiger partial charge in [0.05, 0.1) is 5.56 Å². The van der Waals surface area contributed by atoms with E-state index in [1.54, 1.807) is 42.6 Å². The Morgan fingerprint density at radius 3 is 2.65 bits per heavy atom. The predicted octanol–water partition coefficient (Wildman–Crippen LogP) is 2.69. The van der Waals surface area contributed by atoms with Gasteiger partial charge in [-0.3, -0.25) is 4.98 Å². The van der Waals surface area contributed by atoms with Crippen LogP contribution in [0.4, 0.5) is 0 Å². The minimum Gasteiger partial charge on any atom is -0.429 e. The third kappa shape index (κ3) is 1.43. The zero-order chi connectivity index (χ0) is 11.9. The smallest absolute Gasteiger partial charge is 0.340 e. The van der Waals surface area contributed by atoms with Gasteiger partial charge in [-0.1, -0.05) is 35.9 Å². The van der Waals surface area contributed by atoms with Gasteiger partial charge in [0.2, 0.25) is 0 Å². The van der Waals surface area contributed by atoms with E-state index in [9.17, 15) is 4.79 Å². The maximum atomic E-state index is 11.7. The number of fused-ring (bicyclic) bond motifs is 1. The maximum Gasteiger partial charge on any atom is 0.340 e. The van der Waals surface area contributed by atoms with Crippen LogP contribution < -0.4 is 0 Å². The zero-order valence-corrected chi connectivity index (χ0v) is 9.52. The van der Waals surface area contributed by atoms with Gasteiger partial charge in [0.15, 0.2) is 0 Å². The Labute approximate surface area is 103 Å². The number of alkyl halides is 1. The van der Waals surface area contributed by atoms with Crippen LogP contribution in [0.1, 0.15) is 21.6 Å². The Morgan fingerprint density at radius 2 is 1.88 bits per heavy atom. The Morgan fingerprint density at radius 1 is 1.12 bits per heavy atom. The number of carbonyl (C=O) groups excluding carboxylic acids is 1. The molecule has 0 amide bonds. The molecular formula is C13H8ClNO2. The molecule has 1 aliphatic heterocycles. The largest absolute Gasteiger partial charge is 0.429 e. The molecule has 0 aliphatic carbocycles. The number of carbonyl (C=O) groups is 1. The van der Waals surface area contributed by atoms with Crippen molar-refractivity contribution in [3.8, 4) is 0 Å². The fraction of sp³-hybridized carbons (Fsp3) is 0.0769. The van der Waals surface area contributed by atoms with Gasteiger partial charge in [0.25, 0.3) is 5.06 Å². The van der Waals surface area contributed by atoms with Crippen molar-refractivity contribution in [1.82, 2.24) is 4.98 Å². The number of ether oxygens (including phenoxy) is 1. The summed E-state index contributed by atoms with van der Waals surface area (Å²) in [5.41, 5.74) is 1.65. The van der Waals surface area contributed by atoms with Crippen LogP contribution in [0.15, 0.2) is 48.7 Å². The van der Waals surface area contributed by atoms with E-state index in [2.05, 4.69) is 4.98 Å². The lowest BCUT2D eigenvalue weighted by molar-refractivity contribution is 0.0357.